The second kappa shape index (κ2) is 6.96. The number of likely N-dealkylation sites (tertiary alicyclic amines) is 1. The smallest absolute Gasteiger partial charge is 0.410 e. The lowest BCUT2D eigenvalue weighted by atomic mass is 10.0. The summed E-state index contributed by atoms with van der Waals surface area (Å²) in [6.07, 6.45) is -0.129. The van der Waals surface area contributed by atoms with E-state index in [1.165, 1.54) is 18.9 Å². The van der Waals surface area contributed by atoms with Crippen LogP contribution < -0.4 is 0 Å². The van der Waals surface area contributed by atoms with E-state index >= 15 is 0 Å². The Kier molecular flexibility index (Phi) is 5.59. The molecule has 0 aromatic heterocycles. The molecule has 1 amide bonds. The summed E-state index contributed by atoms with van der Waals surface area (Å²) in [7, 11) is 1.27. The molecule has 0 spiro atoms. The second-order valence-corrected chi connectivity index (χ2v) is 4.20. The van der Waals surface area contributed by atoms with E-state index < -0.39 is 30.2 Å². The Balaban J connectivity index is 2.76. The van der Waals surface area contributed by atoms with Gasteiger partial charge in [-0.3, -0.25) is 9.69 Å². The number of piperidine rings is 1. The van der Waals surface area contributed by atoms with Gasteiger partial charge in [0, 0.05) is 6.92 Å². The first-order valence-electron chi connectivity index (χ1n) is 6.18. The Morgan fingerprint density at radius 2 is 1.95 bits per heavy atom. The molecule has 0 unspecified atom stereocenters. The van der Waals surface area contributed by atoms with Crippen LogP contribution in [0.3, 0.4) is 0 Å². The summed E-state index contributed by atoms with van der Waals surface area (Å²) in [6.45, 7) is 3.33. The van der Waals surface area contributed by atoms with E-state index in [9.17, 15) is 14.4 Å². The summed E-state index contributed by atoms with van der Waals surface area (Å²) in [5.74, 6) is -0.903. The minimum atomic E-state index is -0.684. The van der Waals surface area contributed by atoms with Crippen molar-refractivity contribution in [3.8, 4) is 0 Å². The highest BCUT2D eigenvalue weighted by Crippen LogP contribution is 2.21. The van der Waals surface area contributed by atoms with Crippen molar-refractivity contribution in [2.45, 2.75) is 38.8 Å². The largest absolute Gasteiger partial charge is 0.467 e. The first-order chi connectivity index (χ1) is 8.99. The van der Waals surface area contributed by atoms with E-state index in [1.54, 1.807) is 6.92 Å². The molecular weight excluding hydrogens is 254 g/mol. The lowest BCUT2D eigenvalue weighted by Gasteiger charge is -2.36. The van der Waals surface area contributed by atoms with E-state index in [2.05, 4.69) is 4.74 Å². The quantitative estimate of drug-likeness (QED) is 0.556. The molecule has 1 aliphatic rings. The molecule has 7 nitrogen and oxygen atoms in total. The molecule has 19 heavy (non-hydrogen) atoms. The molecule has 0 saturated carbocycles. The SMILES string of the molecule is CCOC(=O)N1C[C@H](OC(C)=O)CC[C@H]1C(=O)OC. The molecule has 0 N–H and O–H groups in total. The first-order valence-corrected chi connectivity index (χ1v) is 6.18. The lowest BCUT2D eigenvalue weighted by Crippen LogP contribution is -2.53. The first kappa shape index (κ1) is 15.3. The number of hydrogen-bond acceptors (Lipinski definition) is 6. The van der Waals surface area contributed by atoms with Crippen molar-refractivity contribution in [3.63, 3.8) is 0 Å². The highest BCUT2D eigenvalue weighted by Gasteiger charge is 2.38. The summed E-state index contributed by atoms with van der Waals surface area (Å²) < 4.78 is 14.6. The number of carbonyl (C=O) groups excluding carboxylic acids is 3. The van der Waals surface area contributed by atoms with Gasteiger partial charge in [-0.25, -0.2) is 9.59 Å². The molecule has 1 saturated heterocycles. The highest BCUT2D eigenvalue weighted by molar-refractivity contribution is 5.81. The number of carbonyl (C=O) groups is 3. The van der Waals surface area contributed by atoms with Gasteiger partial charge in [0.15, 0.2) is 0 Å². The van der Waals surface area contributed by atoms with Gasteiger partial charge < -0.3 is 14.2 Å². The molecule has 7 heteroatoms. The van der Waals surface area contributed by atoms with Crippen LogP contribution in [0.2, 0.25) is 0 Å². The van der Waals surface area contributed by atoms with Crippen molar-refractivity contribution in [1.29, 1.82) is 0 Å². The zero-order valence-corrected chi connectivity index (χ0v) is 11.4. The Morgan fingerprint density at radius 3 is 2.47 bits per heavy atom. The molecule has 0 radical (unpaired) electrons. The van der Waals surface area contributed by atoms with Crippen molar-refractivity contribution in [3.05, 3.63) is 0 Å². The van der Waals surface area contributed by atoms with Crippen LogP contribution in [0.5, 0.6) is 0 Å². The highest BCUT2D eigenvalue weighted by atomic mass is 16.6. The van der Waals surface area contributed by atoms with Gasteiger partial charge in [-0.15, -0.1) is 0 Å². The Labute approximate surface area is 111 Å². The molecule has 108 valence electrons. The number of rotatable bonds is 3. The van der Waals surface area contributed by atoms with Crippen LogP contribution in [0.1, 0.15) is 26.7 Å². The summed E-state index contributed by atoms with van der Waals surface area (Å²) in [6, 6.07) is -0.684. The van der Waals surface area contributed by atoms with E-state index in [-0.39, 0.29) is 13.2 Å². The molecule has 0 aliphatic carbocycles. The predicted octanol–water partition coefficient (Wildman–Crippen LogP) is 0.712. The Morgan fingerprint density at radius 1 is 1.26 bits per heavy atom. The molecule has 1 rings (SSSR count). The van der Waals surface area contributed by atoms with Crippen molar-refractivity contribution >= 4 is 18.0 Å². The molecule has 1 fully saturated rings. The fourth-order valence-corrected chi connectivity index (χ4v) is 2.06. The number of esters is 2. The molecule has 1 heterocycles. The molecule has 0 bridgehead atoms. The van der Waals surface area contributed by atoms with Gasteiger partial charge in [-0.1, -0.05) is 0 Å². The zero-order chi connectivity index (χ0) is 14.4. The molecule has 0 aromatic rings. The maximum absolute atomic E-state index is 11.8. The number of nitrogens with zero attached hydrogens (tertiary/aromatic N) is 1. The van der Waals surface area contributed by atoms with Crippen LogP contribution in [0.4, 0.5) is 4.79 Å². The molecule has 2 atom stereocenters. The van der Waals surface area contributed by atoms with Crippen molar-refractivity contribution in [1.82, 2.24) is 4.90 Å². The average molecular weight is 273 g/mol. The molecule has 0 aromatic carbocycles. The van der Waals surface area contributed by atoms with Gasteiger partial charge >= 0.3 is 18.0 Å². The minimum Gasteiger partial charge on any atom is -0.467 e. The van der Waals surface area contributed by atoms with Gasteiger partial charge in [0.25, 0.3) is 0 Å². The third-order valence-electron chi connectivity index (χ3n) is 2.85. The third-order valence-corrected chi connectivity index (χ3v) is 2.85. The van der Waals surface area contributed by atoms with Gasteiger partial charge in [-0.2, -0.15) is 0 Å². The van der Waals surface area contributed by atoms with E-state index in [0.717, 1.165) is 0 Å². The maximum atomic E-state index is 11.8. The summed E-state index contributed by atoms with van der Waals surface area (Å²) in [5.41, 5.74) is 0. The van der Waals surface area contributed by atoms with Crippen LogP contribution in [-0.4, -0.2) is 55.3 Å². The fraction of sp³-hybridized carbons (Fsp3) is 0.750. The number of amides is 1. The third kappa shape index (κ3) is 4.11. The van der Waals surface area contributed by atoms with Crippen LogP contribution in [0.25, 0.3) is 0 Å². The number of ether oxygens (including phenoxy) is 3. The van der Waals surface area contributed by atoms with Gasteiger partial charge in [0.2, 0.25) is 0 Å². The van der Waals surface area contributed by atoms with Crippen LogP contribution in [0.15, 0.2) is 0 Å². The standard InChI is InChI=1S/C12H19NO6/c1-4-18-12(16)13-7-9(19-8(2)14)5-6-10(13)11(15)17-3/h9-10H,4-7H2,1-3H3/t9-,10+/m1/s1. The summed E-state index contributed by atoms with van der Waals surface area (Å²) >= 11 is 0. The topological polar surface area (TPSA) is 82.1 Å². The minimum absolute atomic E-state index is 0.137. The zero-order valence-electron chi connectivity index (χ0n) is 11.4. The van der Waals surface area contributed by atoms with Gasteiger partial charge in [0.1, 0.15) is 12.1 Å². The van der Waals surface area contributed by atoms with Gasteiger partial charge in [0.05, 0.1) is 20.3 Å². The van der Waals surface area contributed by atoms with Gasteiger partial charge in [-0.05, 0) is 19.8 Å². The predicted molar refractivity (Wildman–Crippen MR) is 64.3 cm³/mol. The summed E-state index contributed by atoms with van der Waals surface area (Å²) in [4.78, 5) is 35.6. The summed E-state index contributed by atoms with van der Waals surface area (Å²) in [5, 5.41) is 0. The van der Waals surface area contributed by atoms with Crippen molar-refractivity contribution < 1.29 is 28.6 Å². The van der Waals surface area contributed by atoms with Crippen molar-refractivity contribution in [2.24, 2.45) is 0 Å². The monoisotopic (exact) mass is 273 g/mol. The van der Waals surface area contributed by atoms with Crippen LogP contribution >= 0.6 is 0 Å². The molecule has 1 aliphatic heterocycles. The van der Waals surface area contributed by atoms with Crippen LogP contribution in [-0.2, 0) is 23.8 Å². The second-order valence-electron chi connectivity index (χ2n) is 4.20. The van der Waals surface area contributed by atoms with Crippen LogP contribution in [0, 0.1) is 0 Å². The Hall–Kier alpha value is -1.79. The van der Waals surface area contributed by atoms with Crippen molar-refractivity contribution in [2.75, 3.05) is 20.3 Å². The average Bonchev–Trinajstić information content (AvgIpc) is 2.37. The number of hydrogen-bond donors (Lipinski definition) is 0. The maximum Gasteiger partial charge on any atom is 0.410 e. The fourth-order valence-electron chi connectivity index (χ4n) is 2.06. The van der Waals surface area contributed by atoms with E-state index in [4.69, 9.17) is 9.47 Å². The number of methoxy groups -OCH3 is 1. The lowest BCUT2D eigenvalue weighted by molar-refractivity contribution is -0.154. The van der Waals surface area contributed by atoms with E-state index in [0.29, 0.717) is 12.8 Å². The molecular formula is C12H19NO6. The van der Waals surface area contributed by atoms with E-state index in [1.807, 2.05) is 0 Å². The normalized spacial score (nSPS) is 22.6. The Bertz CT molecular complexity index is 356.